The summed E-state index contributed by atoms with van der Waals surface area (Å²) in [4.78, 5) is 11.0. The summed E-state index contributed by atoms with van der Waals surface area (Å²) in [6, 6.07) is 6.40. The van der Waals surface area contributed by atoms with E-state index >= 15 is 0 Å². The molecule has 4 heteroatoms. The van der Waals surface area contributed by atoms with Crippen LogP contribution >= 0.6 is 0 Å². The number of anilines is 3. The first-order chi connectivity index (χ1) is 9.43. The molecule has 1 aromatic heterocycles. The van der Waals surface area contributed by atoms with Gasteiger partial charge in [0, 0.05) is 24.7 Å². The Hall–Kier alpha value is -2.10. The fraction of sp³-hybridized carbons (Fsp3) is 0.375. The molecule has 2 N–H and O–H groups in total. The summed E-state index contributed by atoms with van der Waals surface area (Å²) in [5.74, 6) is 2.21. The third-order valence-electron chi connectivity index (χ3n) is 3.55. The highest BCUT2D eigenvalue weighted by molar-refractivity contribution is 5.68. The van der Waals surface area contributed by atoms with E-state index in [0.29, 0.717) is 5.82 Å². The van der Waals surface area contributed by atoms with Crippen LogP contribution in [-0.4, -0.2) is 17.0 Å². The van der Waals surface area contributed by atoms with E-state index in [2.05, 4.69) is 46.9 Å². The summed E-state index contributed by atoms with van der Waals surface area (Å²) in [7, 11) is 2.02. The van der Waals surface area contributed by atoms with Gasteiger partial charge in [-0.15, -0.1) is 0 Å². The molecule has 0 aliphatic heterocycles. The molecule has 0 saturated heterocycles. The molecule has 0 amide bonds. The lowest BCUT2D eigenvalue weighted by molar-refractivity contribution is 0.920. The van der Waals surface area contributed by atoms with Gasteiger partial charge in [-0.3, -0.25) is 0 Å². The quantitative estimate of drug-likeness (QED) is 0.929. The summed E-state index contributed by atoms with van der Waals surface area (Å²) < 4.78 is 0. The Morgan fingerprint density at radius 1 is 1.15 bits per heavy atom. The van der Waals surface area contributed by atoms with Gasteiger partial charge in [0.15, 0.2) is 0 Å². The molecule has 1 aromatic carbocycles. The van der Waals surface area contributed by atoms with Crippen LogP contribution in [0.5, 0.6) is 0 Å². The Balaban J connectivity index is 2.52. The zero-order valence-corrected chi connectivity index (χ0v) is 12.9. The van der Waals surface area contributed by atoms with Crippen LogP contribution in [0.15, 0.2) is 18.2 Å². The molecule has 2 rings (SSSR count). The predicted octanol–water partition coefficient (Wildman–Crippen LogP) is 3.31. The molecule has 0 aliphatic rings. The second-order valence-electron chi connectivity index (χ2n) is 5.18. The summed E-state index contributed by atoms with van der Waals surface area (Å²) in [6.45, 7) is 8.20. The molecule has 0 bridgehead atoms. The van der Waals surface area contributed by atoms with Gasteiger partial charge in [-0.25, -0.2) is 9.97 Å². The van der Waals surface area contributed by atoms with Gasteiger partial charge in [-0.1, -0.05) is 24.6 Å². The minimum atomic E-state index is 0.559. The van der Waals surface area contributed by atoms with Gasteiger partial charge in [0.25, 0.3) is 0 Å². The molecule has 0 fully saturated rings. The maximum Gasteiger partial charge on any atom is 0.141 e. The first kappa shape index (κ1) is 14.3. The van der Waals surface area contributed by atoms with Crippen LogP contribution in [0.4, 0.5) is 17.3 Å². The number of nitrogens with two attached hydrogens (primary N) is 1. The van der Waals surface area contributed by atoms with Gasteiger partial charge in [-0.05, 0) is 32.4 Å². The molecule has 0 radical (unpaired) electrons. The topological polar surface area (TPSA) is 55.0 Å². The minimum absolute atomic E-state index is 0.559. The summed E-state index contributed by atoms with van der Waals surface area (Å²) in [5, 5.41) is 0. The zero-order chi connectivity index (χ0) is 14.9. The molecular weight excluding hydrogens is 248 g/mol. The fourth-order valence-corrected chi connectivity index (χ4v) is 2.35. The molecule has 1 heterocycles. The molecule has 0 saturated carbocycles. The number of nitrogen functional groups attached to an aromatic ring is 1. The second-order valence-corrected chi connectivity index (χ2v) is 5.18. The molecular formula is C16H22N4. The Morgan fingerprint density at radius 2 is 1.85 bits per heavy atom. The SMILES string of the molecule is CCc1nc(N)c(C)c(N(C)c2ccc(C)cc2C)n1. The van der Waals surface area contributed by atoms with Crippen LogP contribution < -0.4 is 10.6 Å². The maximum atomic E-state index is 6.00. The average molecular weight is 270 g/mol. The number of hydrogen-bond donors (Lipinski definition) is 1. The van der Waals surface area contributed by atoms with E-state index in [1.807, 2.05) is 20.9 Å². The molecule has 0 unspecified atom stereocenters. The number of aryl methyl sites for hydroxylation is 3. The third kappa shape index (κ3) is 2.59. The van der Waals surface area contributed by atoms with Gasteiger partial charge in [0.05, 0.1) is 0 Å². The molecule has 0 aliphatic carbocycles. The summed E-state index contributed by atoms with van der Waals surface area (Å²) in [5.41, 5.74) is 10.5. The van der Waals surface area contributed by atoms with E-state index in [0.717, 1.165) is 29.3 Å². The normalized spacial score (nSPS) is 10.7. The number of rotatable bonds is 3. The number of hydrogen-bond acceptors (Lipinski definition) is 4. The second kappa shape index (κ2) is 5.49. The van der Waals surface area contributed by atoms with Crippen molar-refractivity contribution >= 4 is 17.3 Å². The van der Waals surface area contributed by atoms with E-state index < -0.39 is 0 Å². The Bertz CT molecular complexity index is 635. The van der Waals surface area contributed by atoms with Crippen molar-refractivity contribution < 1.29 is 0 Å². The lowest BCUT2D eigenvalue weighted by atomic mass is 10.1. The van der Waals surface area contributed by atoms with Crippen molar-refractivity contribution in [2.24, 2.45) is 0 Å². The molecule has 106 valence electrons. The molecule has 0 atom stereocenters. The van der Waals surface area contributed by atoms with E-state index in [1.54, 1.807) is 0 Å². The smallest absolute Gasteiger partial charge is 0.141 e. The number of aromatic nitrogens is 2. The van der Waals surface area contributed by atoms with Gasteiger partial charge in [-0.2, -0.15) is 0 Å². The van der Waals surface area contributed by atoms with E-state index in [9.17, 15) is 0 Å². The van der Waals surface area contributed by atoms with Crippen molar-refractivity contribution in [2.75, 3.05) is 17.7 Å². The van der Waals surface area contributed by atoms with Crippen LogP contribution in [0.25, 0.3) is 0 Å². The molecule has 2 aromatic rings. The molecule has 20 heavy (non-hydrogen) atoms. The van der Waals surface area contributed by atoms with E-state index in [4.69, 9.17) is 5.73 Å². The van der Waals surface area contributed by atoms with Crippen LogP contribution in [0.2, 0.25) is 0 Å². The van der Waals surface area contributed by atoms with Gasteiger partial charge in [0.2, 0.25) is 0 Å². The van der Waals surface area contributed by atoms with Crippen LogP contribution in [-0.2, 0) is 6.42 Å². The van der Waals surface area contributed by atoms with Crippen molar-refractivity contribution in [3.8, 4) is 0 Å². The van der Waals surface area contributed by atoms with Gasteiger partial charge < -0.3 is 10.6 Å². The maximum absolute atomic E-state index is 6.00. The number of benzene rings is 1. The highest BCUT2D eigenvalue weighted by Gasteiger charge is 2.14. The standard InChI is InChI=1S/C16H22N4/c1-6-14-18-15(17)12(4)16(19-14)20(5)13-8-7-10(2)9-11(13)3/h7-9H,6H2,1-5H3,(H2,17,18,19). The minimum Gasteiger partial charge on any atom is -0.383 e. The Labute approximate surface area is 120 Å². The van der Waals surface area contributed by atoms with Crippen molar-refractivity contribution in [1.82, 2.24) is 9.97 Å². The highest BCUT2D eigenvalue weighted by atomic mass is 15.2. The Kier molecular flexibility index (Phi) is 3.93. The predicted molar refractivity (Wildman–Crippen MR) is 84.5 cm³/mol. The fourth-order valence-electron chi connectivity index (χ4n) is 2.35. The van der Waals surface area contributed by atoms with Gasteiger partial charge in [0.1, 0.15) is 17.5 Å². The largest absolute Gasteiger partial charge is 0.383 e. The molecule has 0 spiro atoms. The number of nitrogens with zero attached hydrogens (tertiary/aromatic N) is 3. The van der Waals surface area contributed by atoms with E-state index in [1.165, 1.54) is 11.1 Å². The lowest BCUT2D eigenvalue weighted by Gasteiger charge is -2.23. The first-order valence-electron chi connectivity index (χ1n) is 6.88. The monoisotopic (exact) mass is 270 g/mol. The van der Waals surface area contributed by atoms with Crippen LogP contribution in [0, 0.1) is 20.8 Å². The summed E-state index contributed by atoms with van der Waals surface area (Å²) >= 11 is 0. The third-order valence-corrected chi connectivity index (χ3v) is 3.55. The Morgan fingerprint density at radius 3 is 2.45 bits per heavy atom. The summed E-state index contributed by atoms with van der Waals surface area (Å²) in [6.07, 6.45) is 0.776. The zero-order valence-electron chi connectivity index (χ0n) is 12.9. The van der Waals surface area contributed by atoms with Crippen molar-refractivity contribution in [3.05, 3.63) is 40.7 Å². The lowest BCUT2D eigenvalue weighted by Crippen LogP contribution is -2.17. The van der Waals surface area contributed by atoms with Gasteiger partial charge >= 0.3 is 0 Å². The van der Waals surface area contributed by atoms with Crippen LogP contribution in [0.3, 0.4) is 0 Å². The highest BCUT2D eigenvalue weighted by Crippen LogP contribution is 2.30. The van der Waals surface area contributed by atoms with Crippen molar-refractivity contribution in [3.63, 3.8) is 0 Å². The average Bonchev–Trinajstić information content (AvgIpc) is 2.41. The van der Waals surface area contributed by atoms with Crippen molar-refractivity contribution in [2.45, 2.75) is 34.1 Å². The first-order valence-corrected chi connectivity index (χ1v) is 6.88. The van der Waals surface area contributed by atoms with Crippen molar-refractivity contribution in [1.29, 1.82) is 0 Å². The van der Waals surface area contributed by atoms with Crippen LogP contribution in [0.1, 0.15) is 29.4 Å². The van der Waals surface area contributed by atoms with E-state index in [-0.39, 0.29) is 0 Å². The molecule has 4 nitrogen and oxygen atoms in total.